The lowest BCUT2D eigenvalue weighted by molar-refractivity contribution is -0.133. The van der Waals surface area contributed by atoms with Gasteiger partial charge in [-0.25, -0.2) is 12.7 Å². The minimum atomic E-state index is -3.71. The molecule has 0 atom stereocenters. The Hall–Kier alpha value is -2.50. The molecule has 9 nitrogen and oxygen atoms in total. The molecule has 1 aliphatic rings. The maximum absolute atomic E-state index is 12.6. The molecule has 3 heterocycles. The van der Waals surface area contributed by atoms with Crippen LogP contribution in [0.1, 0.15) is 9.67 Å². The van der Waals surface area contributed by atoms with Crippen molar-refractivity contribution in [3.05, 3.63) is 51.1 Å². The number of carbonyl (C=O) groups excluding carboxylic acids is 2. The first-order chi connectivity index (χ1) is 13.7. The molecule has 0 aliphatic carbocycles. The largest absolute Gasteiger partial charge is 0.338 e. The van der Waals surface area contributed by atoms with Crippen LogP contribution in [0.5, 0.6) is 0 Å². The summed E-state index contributed by atoms with van der Waals surface area (Å²) in [5.74, 6) is -0.348. The Morgan fingerprint density at radius 3 is 2.31 bits per heavy atom. The van der Waals surface area contributed by atoms with Crippen LogP contribution in [0.2, 0.25) is 0 Å². The average molecular weight is 439 g/mol. The molecule has 0 N–H and O–H groups in total. The highest BCUT2D eigenvalue weighted by molar-refractivity contribution is 7.89. The van der Waals surface area contributed by atoms with Crippen LogP contribution in [-0.4, -0.2) is 79.2 Å². The van der Waals surface area contributed by atoms with Crippen LogP contribution in [0.25, 0.3) is 0 Å². The lowest BCUT2D eigenvalue weighted by atomic mass is 10.3. The van der Waals surface area contributed by atoms with Crippen molar-refractivity contribution in [2.75, 3.05) is 40.3 Å². The maximum atomic E-state index is 12.6. The first-order valence-electron chi connectivity index (χ1n) is 8.94. The number of sulfonamides is 1. The van der Waals surface area contributed by atoms with Gasteiger partial charge < -0.3 is 14.4 Å². The quantitative estimate of drug-likeness (QED) is 0.661. The Labute approximate surface area is 172 Å². The Morgan fingerprint density at radius 2 is 1.72 bits per heavy atom. The molecule has 0 bridgehead atoms. The molecule has 0 radical (unpaired) electrons. The van der Waals surface area contributed by atoms with Gasteiger partial charge in [0.05, 0.1) is 9.77 Å². The van der Waals surface area contributed by atoms with E-state index in [4.69, 9.17) is 0 Å². The zero-order valence-electron chi connectivity index (χ0n) is 16.1. The topological polar surface area (TPSA) is 100 Å². The summed E-state index contributed by atoms with van der Waals surface area (Å²) in [6.45, 7) is 1.29. The predicted molar refractivity (Wildman–Crippen MR) is 108 cm³/mol. The molecule has 29 heavy (non-hydrogen) atoms. The van der Waals surface area contributed by atoms with Gasteiger partial charge in [0.25, 0.3) is 11.5 Å². The van der Waals surface area contributed by atoms with Crippen LogP contribution in [0.15, 0.2) is 45.5 Å². The highest BCUT2D eigenvalue weighted by Crippen LogP contribution is 2.14. The molecule has 0 aromatic carbocycles. The van der Waals surface area contributed by atoms with Gasteiger partial charge in [0.1, 0.15) is 6.54 Å². The second-order valence-electron chi connectivity index (χ2n) is 6.77. The zero-order chi connectivity index (χ0) is 21.2. The van der Waals surface area contributed by atoms with Crippen molar-refractivity contribution < 1.29 is 18.0 Å². The lowest BCUT2D eigenvalue weighted by Gasteiger charge is -2.34. The summed E-state index contributed by atoms with van der Waals surface area (Å²) in [4.78, 5) is 41.0. The summed E-state index contributed by atoms with van der Waals surface area (Å²) < 4.78 is 26.7. The normalized spacial score (nSPS) is 15.0. The number of hydrogen-bond acceptors (Lipinski definition) is 6. The van der Waals surface area contributed by atoms with Gasteiger partial charge >= 0.3 is 0 Å². The van der Waals surface area contributed by atoms with Gasteiger partial charge in [-0.2, -0.15) is 0 Å². The van der Waals surface area contributed by atoms with Gasteiger partial charge in [-0.1, -0.05) is 6.07 Å². The van der Waals surface area contributed by atoms with Gasteiger partial charge in [0.2, 0.25) is 15.9 Å². The summed E-state index contributed by atoms with van der Waals surface area (Å²) in [6.07, 6.45) is 1.19. The van der Waals surface area contributed by atoms with Gasteiger partial charge in [0, 0.05) is 52.5 Å². The van der Waals surface area contributed by atoms with E-state index in [1.807, 2.05) is 11.4 Å². The number of carbonyl (C=O) groups is 2. The fraction of sp³-hybridized carbons (Fsp3) is 0.389. The Bertz CT molecular complexity index is 1050. The summed E-state index contributed by atoms with van der Waals surface area (Å²) in [5, 5.41) is 1.84. The fourth-order valence-corrected chi connectivity index (χ4v) is 4.57. The van der Waals surface area contributed by atoms with Crippen molar-refractivity contribution >= 4 is 33.2 Å². The van der Waals surface area contributed by atoms with E-state index >= 15 is 0 Å². The number of aromatic nitrogens is 1. The van der Waals surface area contributed by atoms with Gasteiger partial charge in [-0.3, -0.25) is 14.4 Å². The molecule has 0 unspecified atom stereocenters. The lowest BCUT2D eigenvalue weighted by Crippen LogP contribution is -2.51. The monoisotopic (exact) mass is 438 g/mol. The van der Waals surface area contributed by atoms with Crippen molar-refractivity contribution in [1.82, 2.24) is 18.7 Å². The molecule has 1 aliphatic heterocycles. The fourth-order valence-electron chi connectivity index (χ4n) is 2.96. The highest BCUT2D eigenvalue weighted by Gasteiger charge is 2.26. The predicted octanol–water partition coefficient (Wildman–Crippen LogP) is 0.145. The molecule has 0 saturated carbocycles. The SMILES string of the molecule is CN(C)S(=O)(=O)c1ccc(=O)n(CC(=O)N2CCN(C(=O)c3cccs3)CC2)c1. The first-order valence-corrected chi connectivity index (χ1v) is 11.3. The minimum Gasteiger partial charge on any atom is -0.338 e. The van der Waals surface area contributed by atoms with E-state index in [1.165, 1.54) is 37.7 Å². The first kappa shape index (κ1) is 21.2. The van der Waals surface area contributed by atoms with E-state index in [2.05, 4.69) is 0 Å². The third-order valence-electron chi connectivity index (χ3n) is 4.69. The van der Waals surface area contributed by atoms with Crippen LogP contribution in [-0.2, 0) is 21.4 Å². The summed E-state index contributed by atoms with van der Waals surface area (Å²) >= 11 is 1.38. The zero-order valence-corrected chi connectivity index (χ0v) is 17.8. The number of thiophene rings is 1. The molecule has 2 amide bonds. The maximum Gasteiger partial charge on any atom is 0.264 e. The number of rotatable bonds is 5. The van der Waals surface area contributed by atoms with Crippen molar-refractivity contribution in [2.24, 2.45) is 0 Å². The van der Waals surface area contributed by atoms with Gasteiger partial charge in [0.15, 0.2) is 0 Å². The van der Waals surface area contributed by atoms with Crippen LogP contribution < -0.4 is 5.56 Å². The van der Waals surface area contributed by atoms with Crippen LogP contribution in [0, 0.1) is 0 Å². The number of nitrogens with zero attached hydrogens (tertiary/aromatic N) is 4. The third-order valence-corrected chi connectivity index (χ3v) is 7.35. The van der Waals surface area contributed by atoms with E-state index in [0.717, 1.165) is 14.9 Å². The van der Waals surface area contributed by atoms with Crippen LogP contribution >= 0.6 is 11.3 Å². The number of amides is 2. The van der Waals surface area contributed by atoms with E-state index in [0.29, 0.717) is 31.1 Å². The van der Waals surface area contributed by atoms with Crippen molar-refractivity contribution in [2.45, 2.75) is 11.4 Å². The molecular weight excluding hydrogens is 416 g/mol. The van der Waals surface area contributed by atoms with E-state index in [1.54, 1.807) is 15.9 Å². The molecule has 2 aromatic heterocycles. The Morgan fingerprint density at radius 1 is 1.07 bits per heavy atom. The summed E-state index contributed by atoms with van der Waals surface area (Å²) in [5.41, 5.74) is -0.456. The molecule has 1 saturated heterocycles. The second-order valence-corrected chi connectivity index (χ2v) is 9.87. The van der Waals surface area contributed by atoms with Gasteiger partial charge in [-0.05, 0) is 17.5 Å². The molecule has 11 heteroatoms. The van der Waals surface area contributed by atoms with Crippen molar-refractivity contribution in [3.8, 4) is 0 Å². The van der Waals surface area contributed by atoms with Gasteiger partial charge in [-0.15, -0.1) is 11.3 Å². The number of piperazine rings is 1. The molecule has 3 rings (SSSR count). The molecule has 0 spiro atoms. The van der Waals surface area contributed by atoms with Crippen molar-refractivity contribution in [3.63, 3.8) is 0 Å². The smallest absolute Gasteiger partial charge is 0.264 e. The number of hydrogen-bond donors (Lipinski definition) is 0. The van der Waals surface area contributed by atoms with Crippen molar-refractivity contribution in [1.29, 1.82) is 0 Å². The number of pyridine rings is 1. The standard InChI is InChI=1S/C18H22N4O5S2/c1-19(2)29(26,27)14-5-6-16(23)22(12-14)13-17(24)20-7-9-21(10-8-20)18(25)15-4-3-11-28-15/h3-6,11-12H,7-10,13H2,1-2H3. The molecule has 1 fully saturated rings. The molecule has 156 valence electrons. The van der Waals surface area contributed by atoms with E-state index < -0.39 is 15.6 Å². The second kappa shape index (κ2) is 8.47. The average Bonchev–Trinajstić information content (AvgIpc) is 3.23. The van der Waals surface area contributed by atoms with E-state index in [9.17, 15) is 22.8 Å². The minimum absolute atomic E-state index is 0.0510. The van der Waals surface area contributed by atoms with Crippen LogP contribution in [0.3, 0.4) is 0 Å². The summed E-state index contributed by atoms with van der Waals surface area (Å²) in [7, 11) is -0.918. The third kappa shape index (κ3) is 4.57. The molecule has 2 aromatic rings. The van der Waals surface area contributed by atoms with Crippen LogP contribution in [0.4, 0.5) is 0 Å². The highest BCUT2D eigenvalue weighted by atomic mass is 32.2. The Balaban J connectivity index is 1.66. The Kier molecular flexibility index (Phi) is 6.20. The molecular formula is C18H22N4O5S2. The van der Waals surface area contributed by atoms with E-state index in [-0.39, 0.29) is 23.3 Å². The summed E-state index contributed by atoms with van der Waals surface area (Å²) in [6, 6.07) is 5.96.